The van der Waals surface area contributed by atoms with E-state index in [2.05, 4.69) is 0 Å². The molecule has 1 heterocycles. The van der Waals surface area contributed by atoms with Crippen molar-refractivity contribution in [3.63, 3.8) is 0 Å². The highest BCUT2D eigenvalue weighted by molar-refractivity contribution is 7.89. The van der Waals surface area contributed by atoms with Crippen LogP contribution in [0.5, 0.6) is 0 Å². The van der Waals surface area contributed by atoms with Gasteiger partial charge < -0.3 is 4.74 Å². The number of nitrogens with zero attached hydrogens (tertiary/aromatic N) is 1. The van der Waals surface area contributed by atoms with Crippen molar-refractivity contribution >= 4 is 33.2 Å². The summed E-state index contributed by atoms with van der Waals surface area (Å²) in [6.07, 6.45) is 1.58. The van der Waals surface area contributed by atoms with Gasteiger partial charge in [-0.2, -0.15) is 4.31 Å². The van der Waals surface area contributed by atoms with Crippen molar-refractivity contribution in [2.24, 2.45) is 0 Å². The minimum Gasteiger partial charge on any atom is -0.377 e. The molecule has 0 saturated carbocycles. The summed E-state index contributed by atoms with van der Waals surface area (Å²) in [6, 6.07) is 0. The van der Waals surface area contributed by atoms with E-state index in [4.69, 9.17) is 27.9 Å². The van der Waals surface area contributed by atoms with Gasteiger partial charge in [0, 0.05) is 31.5 Å². The Labute approximate surface area is 107 Å². The Balaban J connectivity index is 2.57. The van der Waals surface area contributed by atoms with Crippen LogP contribution in [0, 0.1) is 0 Å². The standard InChI is InChI=1S/C9H17Cl2NO3S/c10-3-5-12(6-4-11)16(13,14)8-9-2-1-7-15-9/h9H,1-8H2. The van der Waals surface area contributed by atoms with Crippen molar-refractivity contribution in [3.8, 4) is 0 Å². The molecule has 1 atom stereocenters. The molecule has 1 aliphatic heterocycles. The predicted molar refractivity (Wildman–Crippen MR) is 65.8 cm³/mol. The van der Waals surface area contributed by atoms with Gasteiger partial charge in [-0.15, -0.1) is 23.2 Å². The highest BCUT2D eigenvalue weighted by Crippen LogP contribution is 2.16. The molecule has 1 saturated heterocycles. The molecule has 4 nitrogen and oxygen atoms in total. The first-order valence-corrected chi connectivity index (χ1v) is 7.99. The van der Waals surface area contributed by atoms with E-state index in [1.807, 2.05) is 0 Å². The summed E-state index contributed by atoms with van der Waals surface area (Å²) in [4.78, 5) is 0. The maximum atomic E-state index is 12.0. The zero-order valence-electron chi connectivity index (χ0n) is 9.07. The van der Waals surface area contributed by atoms with Crippen molar-refractivity contribution in [2.45, 2.75) is 18.9 Å². The van der Waals surface area contributed by atoms with Crippen molar-refractivity contribution in [2.75, 3.05) is 37.2 Å². The summed E-state index contributed by atoms with van der Waals surface area (Å²) >= 11 is 11.1. The lowest BCUT2D eigenvalue weighted by molar-refractivity contribution is 0.126. The number of alkyl halides is 2. The Bertz CT molecular complexity index is 285. The minimum absolute atomic E-state index is 0.0424. The average Bonchev–Trinajstić information content (AvgIpc) is 2.69. The second-order valence-corrected chi connectivity index (χ2v) is 6.46. The van der Waals surface area contributed by atoms with Crippen LogP contribution in [0.15, 0.2) is 0 Å². The van der Waals surface area contributed by atoms with E-state index in [1.165, 1.54) is 4.31 Å². The van der Waals surface area contributed by atoms with E-state index in [-0.39, 0.29) is 23.6 Å². The molecule has 1 unspecified atom stereocenters. The van der Waals surface area contributed by atoms with Gasteiger partial charge in [0.1, 0.15) is 0 Å². The lowest BCUT2D eigenvalue weighted by Crippen LogP contribution is -2.39. The van der Waals surface area contributed by atoms with Crippen molar-refractivity contribution < 1.29 is 13.2 Å². The highest BCUT2D eigenvalue weighted by Gasteiger charge is 2.27. The molecule has 0 aliphatic carbocycles. The molecule has 1 aliphatic rings. The number of halogens is 2. The lowest BCUT2D eigenvalue weighted by Gasteiger charge is -2.21. The molecule has 0 aromatic carbocycles. The molecule has 0 N–H and O–H groups in total. The molecule has 16 heavy (non-hydrogen) atoms. The largest absolute Gasteiger partial charge is 0.377 e. The summed E-state index contributed by atoms with van der Waals surface area (Å²) in [7, 11) is -3.29. The van der Waals surface area contributed by atoms with E-state index < -0.39 is 10.0 Å². The average molecular weight is 290 g/mol. The van der Waals surface area contributed by atoms with E-state index in [1.54, 1.807) is 0 Å². The molecule has 0 amide bonds. The summed E-state index contributed by atoms with van der Waals surface area (Å²) in [5, 5.41) is 0. The number of sulfonamides is 1. The summed E-state index contributed by atoms with van der Waals surface area (Å²) in [5.74, 6) is 0.601. The van der Waals surface area contributed by atoms with Crippen LogP contribution in [0.4, 0.5) is 0 Å². The zero-order chi connectivity index (χ0) is 12.0. The minimum atomic E-state index is -3.29. The van der Waals surface area contributed by atoms with E-state index >= 15 is 0 Å². The van der Waals surface area contributed by atoms with E-state index in [0.29, 0.717) is 19.7 Å². The van der Waals surface area contributed by atoms with Gasteiger partial charge in [-0.1, -0.05) is 0 Å². The van der Waals surface area contributed by atoms with Gasteiger partial charge in [0.15, 0.2) is 0 Å². The van der Waals surface area contributed by atoms with Crippen molar-refractivity contribution in [1.29, 1.82) is 0 Å². The smallest absolute Gasteiger partial charge is 0.216 e. The van der Waals surface area contributed by atoms with Gasteiger partial charge in [-0.25, -0.2) is 8.42 Å². The Morgan fingerprint density at radius 2 is 1.88 bits per heavy atom. The van der Waals surface area contributed by atoms with E-state index in [9.17, 15) is 8.42 Å². The Kier molecular flexibility index (Phi) is 6.36. The quantitative estimate of drug-likeness (QED) is 0.663. The summed E-state index contributed by atoms with van der Waals surface area (Å²) in [6.45, 7) is 1.28. The molecule has 7 heteroatoms. The molecule has 0 aromatic rings. The SMILES string of the molecule is O=S(=O)(CC1CCCO1)N(CCCl)CCCl. The van der Waals surface area contributed by atoms with Gasteiger partial charge >= 0.3 is 0 Å². The monoisotopic (exact) mass is 289 g/mol. The topological polar surface area (TPSA) is 46.6 Å². The van der Waals surface area contributed by atoms with Crippen LogP contribution < -0.4 is 0 Å². The van der Waals surface area contributed by atoms with Crippen LogP contribution in [0.3, 0.4) is 0 Å². The van der Waals surface area contributed by atoms with Crippen LogP contribution in [0.25, 0.3) is 0 Å². The molecule has 96 valence electrons. The first-order valence-electron chi connectivity index (χ1n) is 5.31. The van der Waals surface area contributed by atoms with Gasteiger partial charge in [-0.05, 0) is 12.8 Å². The Hall–Kier alpha value is 0.450. The molecule has 0 aromatic heterocycles. The normalized spacial score (nSPS) is 21.8. The molecular formula is C9H17Cl2NO3S. The highest BCUT2D eigenvalue weighted by atomic mass is 35.5. The number of rotatable bonds is 7. The zero-order valence-corrected chi connectivity index (χ0v) is 11.4. The number of hydrogen-bond donors (Lipinski definition) is 0. The van der Waals surface area contributed by atoms with Gasteiger partial charge in [0.05, 0.1) is 11.9 Å². The molecule has 0 spiro atoms. The fourth-order valence-electron chi connectivity index (χ4n) is 1.69. The molecule has 0 bridgehead atoms. The van der Waals surface area contributed by atoms with Gasteiger partial charge in [0.25, 0.3) is 0 Å². The van der Waals surface area contributed by atoms with Crippen LogP contribution in [0.2, 0.25) is 0 Å². The van der Waals surface area contributed by atoms with Crippen LogP contribution >= 0.6 is 23.2 Å². The molecule has 1 fully saturated rings. The third kappa shape index (κ3) is 4.37. The Morgan fingerprint density at radius 3 is 2.31 bits per heavy atom. The number of hydrogen-bond acceptors (Lipinski definition) is 3. The number of ether oxygens (including phenoxy) is 1. The van der Waals surface area contributed by atoms with Crippen molar-refractivity contribution in [3.05, 3.63) is 0 Å². The van der Waals surface area contributed by atoms with Crippen LogP contribution in [0.1, 0.15) is 12.8 Å². The van der Waals surface area contributed by atoms with Gasteiger partial charge in [0.2, 0.25) is 10.0 Å². The summed E-state index contributed by atoms with van der Waals surface area (Å²) < 4.78 is 30.7. The van der Waals surface area contributed by atoms with Gasteiger partial charge in [-0.3, -0.25) is 0 Å². The first kappa shape index (κ1) is 14.5. The molecule has 1 rings (SSSR count). The molecular weight excluding hydrogens is 273 g/mol. The third-order valence-electron chi connectivity index (χ3n) is 2.48. The Morgan fingerprint density at radius 1 is 1.25 bits per heavy atom. The lowest BCUT2D eigenvalue weighted by atomic mass is 10.3. The van der Waals surface area contributed by atoms with Crippen molar-refractivity contribution in [1.82, 2.24) is 4.31 Å². The maximum Gasteiger partial charge on any atom is 0.216 e. The fraction of sp³-hybridized carbons (Fsp3) is 1.00. The second kappa shape index (κ2) is 7.01. The first-order chi connectivity index (χ1) is 7.60. The van der Waals surface area contributed by atoms with E-state index in [0.717, 1.165) is 12.8 Å². The fourth-order valence-corrected chi connectivity index (χ4v) is 3.99. The summed E-state index contributed by atoms with van der Waals surface area (Å²) in [5.41, 5.74) is 0. The van der Waals surface area contributed by atoms with Crippen LogP contribution in [-0.4, -0.2) is 56.0 Å². The predicted octanol–water partition coefficient (Wildman–Crippen LogP) is 1.27. The van der Waals surface area contributed by atoms with Crippen LogP contribution in [-0.2, 0) is 14.8 Å². The third-order valence-corrected chi connectivity index (χ3v) is 4.76. The second-order valence-electron chi connectivity index (χ2n) is 3.69. The maximum absolute atomic E-state index is 12.0. The molecule has 0 radical (unpaired) electrons.